The van der Waals surface area contributed by atoms with Gasteiger partial charge in [0.25, 0.3) is 0 Å². The largest absolute Gasteiger partial charge is 0.481 e. The Labute approximate surface area is 169 Å². The molecule has 6 nitrogen and oxygen atoms in total. The summed E-state index contributed by atoms with van der Waals surface area (Å²) in [5.74, 6) is 0.862. The Hall–Kier alpha value is -3.19. The number of methoxy groups -OCH3 is 1. The van der Waals surface area contributed by atoms with Crippen molar-refractivity contribution in [3.05, 3.63) is 83.6 Å². The van der Waals surface area contributed by atoms with Crippen LogP contribution in [0.15, 0.2) is 71.8 Å². The smallest absolute Gasteiger partial charge is 0.212 e. The zero-order valence-corrected chi connectivity index (χ0v) is 16.8. The van der Waals surface area contributed by atoms with E-state index in [4.69, 9.17) is 9.47 Å². The predicted octanol–water partition coefficient (Wildman–Crippen LogP) is 3.40. The van der Waals surface area contributed by atoms with Crippen LogP contribution in [0.1, 0.15) is 27.9 Å². The van der Waals surface area contributed by atoms with Crippen LogP contribution < -0.4 is 9.47 Å². The number of Topliss-reactive ketones (excluding diaryl/α,β-unsaturated/α-hetero) is 1. The number of hydrogen-bond donors (Lipinski definition) is 0. The second kappa shape index (κ2) is 7.00. The summed E-state index contributed by atoms with van der Waals surface area (Å²) in [7, 11) is -1.81. The van der Waals surface area contributed by atoms with Crippen LogP contribution in [0.4, 0.5) is 0 Å². The first kappa shape index (κ1) is 19.1. The standard InChI is InChI=1S/C22H19NO5S/c1-27-21-12-9-16(14-23-21)22(15-7-10-17(11-8-15)29(2,25)26)13-19(24)18-5-3-4-6-20(18)28-22/h3-12,14H,13H2,1-2H3. The Bertz CT molecular complexity index is 1170. The first-order chi connectivity index (χ1) is 13.8. The highest BCUT2D eigenvalue weighted by atomic mass is 32.2. The third kappa shape index (κ3) is 3.38. The molecule has 0 spiro atoms. The predicted molar refractivity (Wildman–Crippen MR) is 107 cm³/mol. The summed E-state index contributed by atoms with van der Waals surface area (Å²) in [5.41, 5.74) is 0.742. The van der Waals surface area contributed by atoms with Gasteiger partial charge in [0.15, 0.2) is 21.2 Å². The lowest BCUT2D eigenvalue weighted by Gasteiger charge is -2.38. The van der Waals surface area contributed by atoms with E-state index < -0.39 is 15.4 Å². The average Bonchev–Trinajstić information content (AvgIpc) is 2.73. The van der Waals surface area contributed by atoms with Crippen LogP contribution in [-0.2, 0) is 15.4 Å². The molecule has 1 aromatic heterocycles. The fourth-order valence-corrected chi connectivity index (χ4v) is 4.16. The normalized spacial score (nSPS) is 18.6. The summed E-state index contributed by atoms with van der Waals surface area (Å²) in [6, 6.07) is 17.0. The molecule has 0 fully saturated rings. The molecular formula is C22H19NO5S. The lowest BCUT2D eigenvalue weighted by Crippen LogP contribution is -2.40. The molecule has 0 amide bonds. The van der Waals surface area contributed by atoms with Gasteiger partial charge in [-0.2, -0.15) is 0 Å². The van der Waals surface area contributed by atoms with Crippen LogP contribution in [0, 0.1) is 0 Å². The summed E-state index contributed by atoms with van der Waals surface area (Å²) < 4.78 is 35.2. The summed E-state index contributed by atoms with van der Waals surface area (Å²) >= 11 is 0. The summed E-state index contributed by atoms with van der Waals surface area (Å²) in [4.78, 5) is 17.4. The molecule has 2 aromatic carbocycles. The van der Waals surface area contributed by atoms with Crippen LogP contribution in [0.3, 0.4) is 0 Å². The van der Waals surface area contributed by atoms with Gasteiger partial charge in [0, 0.05) is 29.6 Å². The Morgan fingerprint density at radius 1 is 1.00 bits per heavy atom. The number of sulfone groups is 1. The number of aromatic nitrogens is 1. The molecule has 0 N–H and O–H groups in total. The zero-order valence-electron chi connectivity index (χ0n) is 16.0. The lowest BCUT2D eigenvalue weighted by molar-refractivity contribution is 0.0615. The minimum Gasteiger partial charge on any atom is -0.481 e. The van der Waals surface area contributed by atoms with Gasteiger partial charge in [-0.25, -0.2) is 13.4 Å². The highest BCUT2D eigenvalue weighted by molar-refractivity contribution is 7.90. The van der Waals surface area contributed by atoms with Crippen molar-refractivity contribution in [1.29, 1.82) is 0 Å². The molecule has 0 saturated heterocycles. The first-order valence-electron chi connectivity index (χ1n) is 8.96. The number of carbonyl (C=O) groups is 1. The Kier molecular flexibility index (Phi) is 4.62. The van der Waals surface area contributed by atoms with Crippen LogP contribution in [0.25, 0.3) is 0 Å². The quantitative estimate of drug-likeness (QED) is 0.657. The second-order valence-corrected chi connectivity index (χ2v) is 8.93. The van der Waals surface area contributed by atoms with E-state index in [1.807, 2.05) is 0 Å². The van der Waals surface area contributed by atoms with Crippen LogP contribution in [0.2, 0.25) is 0 Å². The Balaban J connectivity index is 1.89. The molecule has 2 heterocycles. The Morgan fingerprint density at radius 3 is 2.31 bits per heavy atom. The monoisotopic (exact) mass is 409 g/mol. The molecule has 0 aliphatic carbocycles. The van der Waals surface area contributed by atoms with Crippen molar-refractivity contribution in [3.63, 3.8) is 0 Å². The third-order valence-electron chi connectivity index (χ3n) is 5.04. The number of benzene rings is 2. The molecule has 1 aliphatic heterocycles. The van der Waals surface area contributed by atoms with E-state index in [-0.39, 0.29) is 17.1 Å². The van der Waals surface area contributed by atoms with Gasteiger partial charge < -0.3 is 9.47 Å². The van der Waals surface area contributed by atoms with E-state index in [1.165, 1.54) is 19.2 Å². The van der Waals surface area contributed by atoms with Gasteiger partial charge in [-0.15, -0.1) is 0 Å². The number of ether oxygens (including phenoxy) is 2. The Morgan fingerprint density at radius 2 is 1.69 bits per heavy atom. The van der Waals surface area contributed by atoms with Gasteiger partial charge in [-0.3, -0.25) is 4.79 Å². The zero-order chi connectivity index (χ0) is 20.6. The molecular weight excluding hydrogens is 390 g/mol. The van der Waals surface area contributed by atoms with Crippen molar-refractivity contribution >= 4 is 15.6 Å². The van der Waals surface area contributed by atoms with Crippen molar-refractivity contribution in [1.82, 2.24) is 4.98 Å². The molecule has 4 rings (SSSR count). The van der Waals surface area contributed by atoms with Crippen molar-refractivity contribution in [2.24, 2.45) is 0 Å². The van der Waals surface area contributed by atoms with Gasteiger partial charge in [-0.05, 0) is 30.3 Å². The number of pyridine rings is 1. The third-order valence-corrected chi connectivity index (χ3v) is 6.17. The highest BCUT2D eigenvalue weighted by Gasteiger charge is 2.44. The molecule has 0 radical (unpaired) electrons. The number of rotatable bonds is 4. The van der Waals surface area contributed by atoms with Crippen molar-refractivity contribution in [2.75, 3.05) is 13.4 Å². The van der Waals surface area contributed by atoms with Gasteiger partial charge in [0.2, 0.25) is 5.88 Å². The fourth-order valence-electron chi connectivity index (χ4n) is 3.53. The van der Waals surface area contributed by atoms with E-state index in [1.54, 1.807) is 54.7 Å². The molecule has 0 bridgehead atoms. The van der Waals surface area contributed by atoms with E-state index in [0.717, 1.165) is 6.26 Å². The molecule has 1 aliphatic rings. The maximum Gasteiger partial charge on any atom is 0.212 e. The average molecular weight is 409 g/mol. The van der Waals surface area contributed by atoms with Crippen molar-refractivity contribution in [3.8, 4) is 11.6 Å². The van der Waals surface area contributed by atoms with Gasteiger partial charge >= 0.3 is 0 Å². The highest BCUT2D eigenvalue weighted by Crippen LogP contribution is 2.44. The topological polar surface area (TPSA) is 82.6 Å². The number of ketones is 1. The second-order valence-electron chi connectivity index (χ2n) is 6.91. The van der Waals surface area contributed by atoms with E-state index >= 15 is 0 Å². The summed E-state index contributed by atoms with van der Waals surface area (Å²) in [6.45, 7) is 0. The molecule has 0 saturated carbocycles. The molecule has 148 valence electrons. The van der Waals surface area contributed by atoms with Crippen molar-refractivity contribution in [2.45, 2.75) is 16.9 Å². The SMILES string of the molecule is COc1ccc(C2(c3ccc(S(C)(=O)=O)cc3)CC(=O)c3ccccc3O2)cn1. The van der Waals surface area contributed by atoms with E-state index in [2.05, 4.69) is 4.98 Å². The number of hydrogen-bond acceptors (Lipinski definition) is 6. The maximum absolute atomic E-state index is 13.0. The summed E-state index contributed by atoms with van der Waals surface area (Å²) in [5, 5.41) is 0. The maximum atomic E-state index is 13.0. The first-order valence-corrected chi connectivity index (χ1v) is 10.8. The number of nitrogens with zero attached hydrogens (tertiary/aromatic N) is 1. The fraction of sp³-hybridized carbons (Fsp3) is 0.182. The van der Waals surface area contributed by atoms with E-state index in [9.17, 15) is 13.2 Å². The van der Waals surface area contributed by atoms with Crippen LogP contribution >= 0.6 is 0 Å². The van der Waals surface area contributed by atoms with Crippen LogP contribution in [-0.4, -0.2) is 32.6 Å². The van der Waals surface area contributed by atoms with E-state index in [0.29, 0.717) is 28.3 Å². The van der Waals surface area contributed by atoms with Gasteiger partial charge in [-0.1, -0.05) is 24.3 Å². The van der Waals surface area contributed by atoms with Gasteiger partial charge in [0.1, 0.15) is 5.75 Å². The minimum absolute atomic E-state index is 0.0603. The van der Waals surface area contributed by atoms with Gasteiger partial charge in [0.05, 0.1) is 24.0 Å². The molecule has 1 unspecified atom stereocenters. The lowest BCUT2D eigenvalue weighted by atomic mass is 9.79. The summed E-state index contributed by atoms with van der Waals surface area (Å²) in [6.07, 6.45) is 2.84. The number of carbonyl (C=O) groups excluding carboxylic acids is 1. The molecule has 1 atom stereocenters. The molecule has 29 heavy (non-hydrogen) atoms. The van der Waals surface area contributed by atoms with Crippen LogP contribution in [0.5, 0.6) is 11.6 Å². The van der Waals surface area contributed by atoms with Crippen molar-refractivity contribution < 1.29 is 22.7 Å². The minimum atomic E-state index is -3.34. The molecule has 3 aromatic rings. The molecule has 7 heteroatoms. The number of para-hydroxylation sites is 1. The number of fused-ring (bicyclic) bond motifs is 1.